The molecule has 1 aromatic rings. The topological polar surface area (TPSA) is 37.1 Å². The Balaban J connectivity index is 2.22. The van der Waals surface area contributed by atoms with Crippen LogP contribution in [0.5, 0.6) is 0 Å². The van der Waals surface area contributed by atoms with E-state index in [4.69, 9.17) is 0 Å². The minimum absolute atomic E-state index is 0.219. The van der Waals surface area contributed by atoms with E-state index in [9.17, 15) is 8.42 Å². The molecular formula is C15H23NO2S. The Morgan fingerprint density at radius 1 is 1.00 bits per heavy atom. The normalized spacial score (nSPS) is 26.4. The highest BCUT2D eigenvalue weighted by Gasteiger charge is 2.53. The summed E-state index contributed by atoms with van der Waals surface area (Å²) in [7, 11) is -3.29. The number of hydrogen-bond acceptors (Lipinski definition) is 2. The van der Waals surface area contributed by atoms with Crippen LogP contribution in [0.25, 0.3) is 0 Å². The molecule has 2 rings (SSSR count). The van der Waals surface area contributed by atoms with Gasteiger partial charge in [-0.15, -0.1) is 0 Å². The number of hydrogen-bond donors (Lipinski definition) is 0. The second kappa shape index (κ2) is 5.63. The highest BCUT2D eigenvalue weighted by Crippen LogP contribution is 2.40. The molecule has 106 valence electrons. The second-order valence-corrected chi connectivity index (χ2v) is 7.20. The van der Waals surface area contributed by atoms with Crippen molar-refractivity contribution in [3.63, 3.8) is 0 Å². The monoisotopic (exact) mass is 281 g/mol. The standard InChI is InChI=1S/C15H23NO2S/c1-4-6-14-15(7-5-2)16(14)19(17,18)13-10-8-12(3)9-11-13/h8-11,14-15H,4-7H2,1-3H3/t14-,15?,16?/m1/s1. The van der Waals surface area contributed by atoms with Crippen LogP contribution in [-0.4, -0.2) is 24.8 Å². The van der Waals surface area contributed by atoms with E-state index in [0.717, 1.165) is 31.2 Å². The molecular weight excluding hydrogens is 258 g/mol. The first kappa shape index (κ1) is 14.5. The second-order valence-electron chi connectivity index (χ2n) is 5.36. The summed E-state index contributed by atoms with van der Waals surface area (Å²) in [6.07, 6.45) is 4.00. The maximum Gasteiger partial charge on any atom is 0.243 e. The molecule has 0 radical (unpaired) electrons. The predicted octanol–water partition coefficient (Wildman–Crippen LogP) is 3.34. The van der Waals surface area contributed by atoms with Gasteiger partial charge in [0.25, 0.3) is 0 Å². The molecule has 19 heavy (non-hydrogen) atoms. The average molecular weight is 281 g/mol. The lowest BCUT2D eigenvalue weighted by Crippen LogP contribution is -2.16. The van der Waals surface area contributed by atoms with Crippen LogP contribution in [0.3, 0.4) is 0 Å². The Labute approximate surface area is 116 Å². The van der Waals surface area contributed by atoms with Crippen molar-refractivity contribution in [1.82, 2.24) is 4.31 Å². The summed E-state index contributed by atoms with van der Waals surface area (Å²) >= 11 is 0. The Hall–Kier alpha value is -0.870. The third kappa shape index (κ3) is 2.84. The minimum atomic E-state index is -3.29. The van der Waals surface area contributed by atoms with Gasteiger partial charge in [-0.2, -0.15) is 4.31 Å². The molecule has 1 aromatic carbocycles. The predicted molar refractivity (Wildman–Crippen MR) is 77.6 cm³/mol. The molecule has 1 aliphatic heterocycles. The van der Waals surface area contributed by atoms with E-state index in [0.29, 0.717) is 4.90 Å². The Bertz CT molecular complexity index is 510. The van der Waals surface area contributed by atoms with Crippen LogP contribution in [0.2, 0.25) is 0 Å². The van der Waals surface area contributed by atoms with Gasteiger partial charge in [0.05, 0.1) is 4.90 Å². The molecule has 1 heterocycles. The Morgan fingerprint density at radius 2 is 1.47 bits per heavy atom. The van der Waals surface area contributed by atoms with Crippen LogP contribution in [0.4, 0.5) is 0 Å². The molecule has 0 N–H and O–H groups in total. The summed E-state index contributed by atoms with van der Waals surface area (Å²) in [5.41, 5.74) is 1.08. The lowest BCUT2D eigenvalue weighted by Gasteiger charge is -2.07. The lowest BCUT2D eigenvalue weighted by atomic mass is 10.1. The van der Waals surface area contributed by atoms with Gasteiger partial charge in [0.1, 0.15) is 0 Å². The molecule has 0 spiro atoms. The van der Waals surface area contributed by atoms with Crippen LogP contribution < -0.4 is 0 Å². The van der Waals surface area contributed by atoms with Gasteiger partial charge in [0.15, 0.2) is 0 Å². The molecule has 1 fully saturated rings. The summed E-state index contributed by atoms with van der Waals surface area (Å²) in [6.45, 7) is 6.18. The van der Waals surface area contributed by atoms with Crippen molar-refractivity contribution in [3.8, 4) is 0 Å². The first-order valence-electron chi connectivity index (χ1n) is 7.12. The number of aryl methyl sites for hydroxylation is 1. The zero-order chi connectivity index (χ0) is 14.0. The van der Waals surface area contributed by atoms with Crippen molar-refractivity contribution in [2.75, 3.05) is 0 Å². The third-order valence-corrected chi connectivity index (χ3v) is 5.74. The molecule has 1 aliphatic rings. The first-order chi connectivity index (χ1) is 9.02. The summed E-state index contributed by atoms with van der Waals surface area (Å²) < 4.78 is 26.9. The smallest absolute Gasteiger partial charge is 0.207 e. The summed E-state index contributed by atoms with van der Waals surface area (Å²) in [5.74, 6) is 0. The van der Waals surface area contributed by atoms with E-state index in [1.807, 2.05) is 19.1 Å². The molecule has 4 heteroatoms. The van der Waals surface area contributed by atoms with Gasteiger partial charge in [0, 0.05) is 12.1 Å². The minimum Gasteiger partial charge on any atom is -0.207 e. The number of nitrogens with zero attached hydrogens (tertiary/aromatic N) is 1. The van der Waals surface area contributed by atoms with Crippen molar-refractivity contribution in [3.05, 3.63) is 29.8 Å². The van der Waals surface area contributed by atoms with Gasteiger partial charge >= 0.3 is 0 Å². The van der Waals surface area contributed by atoms with E-state index in [1.165, 1.54) is 0 Å². The van der Waals surface area contributed by atoms with Crippen molar-refractivity contribution < 1.29 is 8.42 Å². The van der Waals surface area contributed by atoms with Crippen LogP contribution in [-0.2, 0) is 10.0 Å². The maximum atomic E-state index is 12.6. The zero-order valence-corrected chi connectivity index (χ0v) is 12.8. The van der Waals surface area contributed by atoms with Crippen molar-refractivity contribution in [2.24, 2.45) is 0 Å². The van der Waals surface area contributed by atoms with Gasteiger partial charge in [-0.3, -0.25) is 0 Å². The van der Waals surface area contributed by atoms with Gasteiger partial charge in [-0.05, 0) is 31.9 Å². The van der Waals surface area contributed by atoms with Crippen LogP contribution in [0.15, 0.2) is 29.2 Å². The fourth-order valence-corrected chi connectivity index (χ4v) is 4.60. The molecule has 0 bridgehead atoms. The number of sulfonamides is 1. The average Bonchev–Trinajstić information content (AvgIpc) is 3.04. The van der Waals surface area contributed by atoms with Gasteiger partial charge < -0.3 is 0 Å². The largest absolute Gasteiger partial charge is 0.243 e. The molecule has 3 nitrogen and oxygen atoms in total. The van der Waals surface area contributed by atoms with Crippen LogP contribution in [0.1, 0.15) is 45.1 Å². The van der Waals surface area contributed by atoms with E-state index in [1.54, 1.807) is 16.4 Å². The molecule has 0 aromatic heterocycles. The quantitative estimate of drug-likeness (QED) is 0.750. The molecule has 0 saturated carbocycles. The molecule has 0 amide bonds. The van der Waals surface area contributed by atoms with Gasteiger partial charge in [-0.25, -0.2) is 8.42 Å². The lowest BCUT2D eigenvalue weighted by molar-refractivity contribution is 0.536. The van der Waals surface area contributed by atoms with Crippen molar-refractivity contribution >= 4 is 10.0 Å². The van der Waals surface area contributed by atoms with E-state index in [-0.39, 0.29) is 12.1 Å². The van der Waals surface area contributed by atoms with Crippen LogP contribution in [0, 0.1) is 6.92 Å². The third-order valence-electron chi connectivity index (χ3n) is 3.77. The van der Waals surface area contributed by atoms with Crippen molar-refractivity contribution in [1.29, 1.82) is 0 Å². The SMILES string of the molecule is CCCC1[C@@H](CCC)N1S(=O)(=O)c1ccc(C)cc1. The molecule has 0 aliphatic carbocycles. The Morgan fingerprint density at radius 3 is 1.89 bits per heavy atom. The van der Waals surface area contributed by atoms with E-state index < -0.39 is 10.0 Å². The zero-order valence-electron chi connectivity index (χ0n) is 12.0. The summed E-state index contributed by atoms with van der Waals surface area (Å²) in [4.78, 5) is 0.429. The molecule has 1 saturated heterocycles. The highest BCUT2D eigenvalue weighted by atomic mass is 32.2. The Kier molecular flexibility index (Phi) is 4.31. The molecule has 2 unspecified atom stereocenters. The van der Waals surface area contributed by atoms with Crippen LogP contribution >= 0.6 is 0 Å². The van der Waals surface area contributed by atoms with Gasteiger partial charge in [-0.1, -0.05) is 44.4 Å². The summed E-state index contributed by atoms with van der Waals surface area (Å²) in [6, 6.07) is 7.59. The summed E-state index contributed by atoms with van der Waals surface area (Å²) in [5, 5.41) is 0. The fourth-order valence-electron chi connectivity index (χ4n) is 2.73. The van der Waals surface area contributed by atoms with Gasteiger partial charge in [0.2, 0.25) is 10.0 Å². The number of benzene rings is 1. The maximum absolute atomic E-state index is 12.6. The number of rotatable bonds is 6. The highest BCUT2D eigenvalue weighted by molar-refractivity contribution is 7.89. The molecule has 3 atom stereocenters. The fraction of sp³-hybridized carbons (Fsp3) is 0.600. The van der Waals surface area contributed by atoms with E-state index >= 15 is 0 Å². The van der Waals surface area contributed by atoms with E-state index in [2.05, 4.69) is 13.8 Å². The first-order valence-corrected chi connectivity index (χ1v) is 8.56. The van der Waals surface area contributed by atoms with Crippen molar-refractivity contribution in [2.45, 2.75) is 63.4 Å².